The molecule has 1 amide bonds. The van der Waals surface area contributed by atoms with E-state index in [-0.39, 0.29) is 0 Å². The Morgan fingerprint density at radius 3 is 3.00 bits per heavy atom. The van der Waals surface area contributed by atoms with Crippen molar-refractivity contribution in [3.63, 3.8) is 0 Å². The van der Waals surface area contributed by atoms with Gasteiger partial charge in [0.1, 0.15) is 5.82 Å². The molecular formula is C8H12N3O. The minimum Gasteiger partial charge on any atom is -0.313 e. The fourth-order valence-electron chi connectivity index (χ4n) is 1.17. The number of hydrogen-bond donors (Lipinski definition) is 2. The van der Waals surface area contributed by atoms with Crippen molar-refractivity contribution in [2.24, 2.45) is 0 Å². The first kappa shape index (κ1) is 8.77. The van der Waals surface area contributed by atoms with Gasteiger partial charge in [-0.25, -0.2) is 0 Å². The van der Waals surface area contributed by atoms with E-state index in [0.29, 0.717) is 18.6 Å². The third-order valence-corrected chi connectivity index (χ3v) is 1.75. The molecule has 65 valence electrons. The van der Waals surface area contributed by atoms with Gasteiger partial charge in [-0.2, -0.15) is 5.10 Å². The Balaban J connectivity index is 2.95. The number of aromatic nitrogens is 2. The first-order valence-corrected chi connectivity index (χ1v) is 3.89. The summed E-state index contributed by atoms with van der Waals surface area (Å²) in [6.07, 6.45) is 2.12. The average Bonchev–Trinajstić information content (AvgIpc) is 2.47. The number of nitrogens with one attached hydrogen (secondary N) is 2. The first-order chi connectivity index (χ1) is 5.83. The zero-order valence-electron chi connectivity index (χ0n) is 7.05. The van der Waals surface area contributed by atoms with Gasteiger partial charge in [0.15, 0.2) is 0 Å². The number of carbonyl (C=O) groups is 1. The first-order valence-electron chi connectivity index (χ1n) is 3.89. The number of hydrogen-bond acceptors (Lipinski definition) is 2. The highest BCUT2D eigenvalue weighted by Crippen LogP contribution is 2.16. The summed E-state index contributed by atoms with van der Waals surface area (Å²) in [6.45, 7) is 5.75. The Hall–Kier alpha value is -1.32. The number of aromatic amines is 1. The van der Waals surface area contributed by atoms with Crippen LogP contribution in [0.5, 0.6) is 0 Å². The molecule has 1 aromatic heterocycles. The predicted octanol–water partition coefficient (Wildman–Crippen LogP) is 0.917. The maximum Gasteiger partial charge on any atom is 0.212 e. The van der Waals surface area contributed by atoms with Crippen LogP contribution < -0.4 is 5.32 Å². The van der Waals surface area contributed by atoms with E-state index < -0.39 is 0 Å². The zero-order valence-corrected chi connectivity index (χ0v) is 7.05. The molecule has 1 heterocycles. The van der Waals surface area contributed by atoms with Crippen LogP contribution in [0, 0.1) is 6.92 Å². The summed E-state index contributed by atoms with van der Waals surface area (Å²) >= 11 is 0. The van der Waals surface area contributed by atoms with Gasteiger partial charge in [-0.3, -0.25) is 9.89 Å². The van der Waals surface area contributed by atoms with Gasteiger partial charge >= 0.3 is 0 Å². The summed E-state index contributed by atoms with van der Waals surface area (Å²) in [5.41, 5.74) is 1.96. The summed E-state index contributed by atoms with van der Waals surface area (Å²) < 4.78 is 0. The van der Waals surface area contributed by atoms with E-state index in [2.05, 4.69) is 22.4 Å². The minimum absolute atomic E-state index is 0.638. The molecule has 0 atom stereocenters. The molecule has 0 bridgehead atoms. The molecular weight excluding hydrogens is 154 g/mol. The van der Waals surface area contributed by atoms with Crippen molar-refractivity contribution in [3.05, 3.63) is 18.2 Å². The van der Waals surface area contributed by atoms with Crippen molar-refractivity contribution in [3.8, 4) is 0 Å². The molecule has 2 N–H and O–H groups in total. The molecule has 4 heteroatoms. The lowest BCUT2D eigenvalue weighted by molar-refractivity contribution is -0.105. The number of rotatable bonds is 4. The summed E-state index contributed by atoms with van der Waals surface area (Å²) in [6, 6.07) is 0. The fourth-order valence-corrected chi connectivity index (χ4v) is 1.17. The van der Waals surface area contributed by atoms with Crippen LogP contribution in [0.4, 0.5) is 5.82 Å². The Labute approximate surface area is 71.4 Å². The number of anilines is 1. The lowest BCUT2D eigenvalue weighted by Crippen LogP contribution is -1.97. The third-order valence-electron chi connectivity index (χ3n) is 1.75. The second kappa shape index (κ2) is 3.90. The highest BCUT2D eigenvalue weighted by atomic mass is 16.1. The Kier molecular flexibility index (Phi) is 2.85. The molecule has 0 unspecified atom stereocenters. The molecule has 1 radical (unpaired) electrons. The molecule has 1 aromatic rings. The van der Waals surface area contributed by atoms with E-state index in [1.54, 1.807) is 0 Å². The zero-order chi connectivity index (χ0) is 8.97. The largest absolute Gasteiger partial charge is 0.313 e. The summed E-state index contributed by atoms with van der Waals surface area (Å²) in [4.78, 5) is 10.2. The number of nitrogens with zero attached hydrogens (tertiary/aromatic N) is 1. The Morgan fingerprint density at radius 1 is 1.75 bits per heavy atom. The van der Waals surface area contributed by atoms with E-state index >= 15 is 0 Å². The van der Waals surface area contributed by atoms with Crippen molar-refractivity contribution in [2.75, 3.05) is 5.32 Å². The van der Waals surface area contributed by atoms with E-state index in [1.165, 1.54) is 0 Å². The van der Waals surface area contributed by atoms with Crippen LogP contribution in [0.2, 0.25) is 0 Å². The van der Waals surface area contributed by atoms with Crippen LogP contribution >= 0.6 is 0 Å². The van der Waals surface area contributed by atoms with E-state index in [1.807, 2.05) is 6.92 Å². The van der Waals surface area contributed by atoms with Gasteiger partial charge in [0, 0.05) is 5.56 Å². The number of amides is 1. The van der Waals surface area contributed by atoms with Gasteiger partial charge in [0.05, 0.1) is 5.69 Å². The highest BCUT2D eigenvalue weighted by Gasteiger charge is 2.08. The number of H-pyrrole nitrogens is 1. The highest BCUT2D eigenvalue weighted by molar-refractivity contribution is 5.71. The van der Waals surface area contributed by atoms with Crippen molar-refractivity contribution in [2.45, 2.75) is 19.8 Å². The van der Waals surface area contributed by atoms with E-state index in [0.717, 1.165) is 17.7 Å². The molecule has 0 spiro atoms. The summed E-state index contributed by atoms with van der Waals surface area (Å²) in [7, 11) is 0. The molecule has 0 saturated heterocycles. The second-order valence-electron chi connectivity index (χ2n) is 2.39. The topological polar surface area (TPSA) is 57.8 Å². The minimum atomic E-state index is 0.638. The van der Waals surface area contributed by atoms with Crippen molar-refractivity contribution >= 4 is 12.2 Å². The maximum absolute atomic E-state index is 10.2. The van der Waals surface area contributed by atoms with Gasteiger partial charge in [0.2, 0.25) is 6.41 Å². The van der Waals surface area contributed by atoms with Crippen molar-refractivity contribution in [1.29, 1.82) is 0 Å². The van der Waals surface area contributed by atoms with E-state index in [9.17, 15) is 4.79 Å². The SMILES string of the molecule is [CH2]Cc1n[nH]c(NC=O)c1CC. The van der Waals surface area contributed by atoms with Gasteiger partial charge in [0.25, 0.3) is 0 Å². The van der Waals surface area contributed by atoms with E-state index in [4.69, 9.17) is 0 Å². The normalized spacial score (nSPS) is 9.83. The smallest absolute Gasteiger partial charge is 0.212 e. The average molecular weight is 166 g/mol. The lowest BCUT2D eigenvalue weighted by Gasteiger charge is -1.98. The van der Waals surface area contributed by atoms with Crippen LogP contribution in [-0.2, 0) is 17.6 Å². The van der Waals surface area contributed by atoms with Gasteiger partial charge in [-0.1, -0.05) is 6.92 Å². The van der Waals surface area contributed by atoms with Crippen LogP contribution in [0.25, 0.3) is 0 Å². The van der Waals surface area contributed by atoms with Crippen LogP contribution in [0.1, 0.15) is 18.2 Å². The molecule has 1 rings (SSSR count). The fraction of sp³-hybridized carbons (Fsp3) is 0.375. The standard InChI is InChI=1S/C8H12N3O/c1-3-6-7(4-2)10-11-8(6)9-5-12/h5H,2-4H2,1H3,(H2,9,10,11,12). The molecule has 0 fully saturated rings. The van der Waals surface area contributed by atoms with Crippen molar-refractivity contribution in [1.82, 2.24) is 10.2 Å². The number of carbonyl (C=O) groups excluding carboxylic acids is 1. The van der Waals surface area contributed by atoms with Crippen molar-refractivity contribution < 1.29 is 4.79 Å². The predicted molar refractivity (Wildman–Crippen MR) is 46.7 cm³/mol. The van der Waals surface area contributed by atoms with Gasteiger partial charge < -0.3 is 5.32 Å². The molecule has 12 heavy (non-hydrogen) atoms. The van der Waals surface area contributed by atoms with Crippen LogP contribution in [0.15, 0.2) is 0 Å². The molecule has 4 nitrogen and oxygen atoms in total. The molecule has 0 aromatic carbocycles. The van der Waals surface area contributed by atoms with Crippen LogP contribution in [0.3, 0.4) is 0 Å². The quantitative estimate of drug-likeness (QED) is 0.653. The summed E-state index contributed by atoms with van der Waals surface area (Å²) in [5.74, 6) is 0.686. The maximum atomic E-state index is 10.2. The molecule has 0 aliphatic heterocycles. The van der Waals surface area contributed by atoms with Crippen LogP contribution in [-0.4, -0.2) is 16.6 Å². The Bertz CT molecular complexity index is 267. The Morgan fingerprint density at radius 2 is 2.50 bits per heavy atom. The third kappa shape index (κ3) is 1.47. The lowest BCUT2D eigenvalue weighted by atomic mass is 10.1. The molecule has 0 aliphatic rings. The summed E-state index contributed by atoms with van der Waals surface area (Å²) in [5, 5.41) is 9.32. The second-order valence-corrected chi connectivity index (χ2v) is 2.39. The molecule has 0 saturated carbocycles. The van der Waals surface area contributed by atoms with Gasteiger partial charge in [-0.15, -0.1) is 0 Å². The molecule has 0 aliphatic carbocycles. The monoisotopic (exact) mass is 166 g/mol. The van der Waals surface area contributed by atoms with Gasteiger partial charge in [-0.05, 0) is 19.8 Å².